The van der Waals surface area contributed by atoms with Gasteiger partial charge in [0.15, 0.2) is 0 Å². The van der Waals surface area contributed by atoms with Crippen molar-refractivity contribution in [1.29, 1.82) is 0 Å². The number of likely N-dealkylation sites (tertiary alicyclic amines) is 1. The zero-order chi connectivity index (χ0) is 21.2. The molecule has 0 amide bonds. The van der Waals surface area contributed by atoms with E-state index in [1.807, 2.05) is 18.2 Å². The van der Waals surface area contributed by atoms with E-state index in [1.54, 1.807) is 12.1 Å². The first-order valence-corrected chi connectivity index (χ1v) is 11.2. The minimum absolute atomic E-state index is 0.0769. The summed E-state index contributed by atoms with van der Waals surface area (Å²) in [5, 5.41) is 9.92. The van der Waals surface area contributed by atoms with Gasteiger partial charge in [-0.3, -0.25) is 0 Å². The van der Waals surface area contributed by atoms with Crippen molar-refractivity contribution in [3.05, 3.63) is 94.8 Å². The third-order valence-corrected chi connectivity index (χ3v) is 6.71. The van der Waals surface area contributed by atoms with Crippen LogP contribution in [0.15, 0.2) is 66.7 Å². The van der Waals surface area contributed by atoms with Crippen molar-refractivity contribution < 1.29 is 14.2 Å². The number of rotatable bonds is 5. The first-order valence-electron chi connectivity index (χ1n) is 11.2. The molecule has 0 unspecified atom stereocenters. The molecule has 0 radical (unpaired) electrons. The highest BCUT2D eigenvalue weighted by Gasteiger charge is 2.33. The highest BCUT2D eigenvalue weighted by molar-refractivity contribution is 5.50. The maximum atomic E-state index is 13.5. The summed E-state index contributed by atoms with van der Waals surface area (Å²) in [6.45, 7) is 4.06. The molecule has 31 heavy (non-hydrogen) atoms. The fourth-order valence-electron chi connectivity index (χ4n) is 4.99. The van der Waals surface area contributed by atoms with E-state index in [-0.39, 0.29) is 23.4 Å². The number of benzene rings is 3. The van der Waals surface area contributed by atoms with Gasteiger partial charge in [0.05, 0.1) is 6.61 Å². The number of hydrogen-bond acceptors (Lipinski definition) is 3. The third-order valence-electron chi connectivity index (χ3n) is 6.71. The molecule has 0 aliphatic carbocycles. The second-order valence-corrected chi connectivity index (χ2v) is 8.71. The maximum Gasteiger partial charge on any atom is 0.126 e. The number of halogens is 1. The Morgan fingerprint density at radius 1 is 0.903 bits per heavy atom. The van der Waals surface area contributed by atoms with Crippen LogP contribution in [0, 0.1) is 5.82 Å². The van der Waals surface area contributed by atoms with Crippen molar-refractivity contribution in [3.8, 4) is 11.5 Å². The number of hydrogen-bond donors (Lipinski definition) is 1. The van der Waals surface area contributed by atoms with Crippen LogP contribution in [0.4, 0.5) is 4.39 Å². The number of phenolic OH excluding ortho intramolecular Hbond substituents is 1. The quantitative estimate of drug-likeness (QED) is 0.597. The molecule has 2 atom stereocenters. The van der Waals surface area contributed by atoms with E-state index in [2.05, 4.69) is 29.2 Å². The molecule has 2 aliphatic heterocycles. The highest BCUT2D eigenvalue weighted by Crippen LogP contribution is 2.46. The minimum atomic E-state index is -0.232. The number of ether oxygens (including phenoxy) is 1. The molecule has 3 aromatic carbocycles. The summed E-state index contributed by atoms with van der Waals surface area (Å²) in [7, 11) is 0. The standard InChI is InChI=1S/C27H28FNO2/c28-22-9-7-20(8-10-22)25-18-31-26-17-23(30)11-12-24(26)27(25)21-5-3-19(4-6-21)13-16-29-14-1-2-15-29/h3-12,17,25,27,30H,1-2,13-16,18H2/t25-,27-/m0/s1. The molecule has 0 saturated carbocycles. The van der Waals surface area contributed by atoms with Crippen molar-refractivity contribution in [1.82, 2.24) is 4.90 Å². The molecule has 1 fully saturated rings. The molecule has 0 bridgehead atoms. The smallest absolute Gasteiger partial charge is 0.126 e. The molecule has 0 aromatic heterocycles. The topological polar surface area (TPSA) is 32.7 Å². The Morgan fingerprint density at radius 3 is 2.35 bits per heavy atom. The summed E-state index contributed by atoms with van der Waals surface area (Å²) in [4.78, 5) is 2.54. The van der Waals surface area contributed by atoms with Gasteiger partial charge < -0.3 is 14.7 Å². The zero-order valence-corrected chi connectivity index (χ0v) is 17.6. The Morgan fingerprint density at radius 2 is 1.61 bits per heavy atom. The van der Waals surface area contributed by atoms with Crippen molar-refractivity contribution in [2.45, 2.75) is 31.1 Å². The van der Waals surface area contributed by atoms with Crippen LogP contribution in [-0.4, -0.2) is 36.2 Å². The van der Waals surface area contributed by atoms with Crippen LogP contribution in [0.5, 0.6) is 11.5 Å². The van der Waals surface area contributed by atoms with Crippen LogP contribution < -0.4 is 4.74 Å². The molecule has 3 aromatic rings. The number of fused-ring (bicyclic) bond motifs is 1. The van der Waals surface area contributed by atoms with Crippen molar-refractivity contribution in [2.75, 3.05) is 26.2 Å². The second kappa shape index (κ2) is 8.72. The molecule has 3 nitrogen and oxygen atoms in total. The van der Waals surface area contributed by atoms with Crippen molar-refractivity contribution >= 4 is 0 Å². The molecule has 2 aliphatic rings. The number of nitrogens with zero attached hydrogens (tertiary/aromatic N) is 1. The van der Waals surface area contributed by atoms with Gasteiger partial charge in [-0.15, -0.1) is 0 Å². The highest BCUT2D eigenvalue weighted by atomic mass is 19.1. The van der Waals surface area contributed by atoms with Crippen LogP contribution in [0.1, 0.15) is 46.9 Å². The van der Waals surface area contributed by atoms with E-state index in [1.165, 1.54) is 49.2 Å². The van der Waals surface area contributed by atoms with Gasteiger partial charge >= 0.3 is 0 Å². The molecular weight excluding hydrogens is 389 g/mol. The molecule has 1 saturated heterocycles. The van der Waals surface area contributed by atoms with E-state index < -0.39 is 0 Å². The SMILES string of the molecule is Oc1ccc2c(c1)OC[C@@H](c1ccc(F)cc1)[C@H]2c1ccc(CCN2CCCC2)cc1. The van der Waals surface area contributed by atoms with E-state index >= 15 is 0 Å². The summed E-state index contributed by atoms with van der Waals surface area (Å²) in [5.41, 5.74) is 4.69. The van der Waals surface area contributed by atoms with Gasteiger partial charge in [-0.1, -0.05) is 42.5 Å². The normalized spacial score (nSPS) is 20.9. The van der Waals surface area contributed by atoms with Crippen LogP contribution in [-0.2, 0) is 6.42 Å². The Balaban J connectivity index is 1.44. The Kier molecular flexibility index (Phi) is 5.65. The number of phenols is 1. The number of aromatic hydroxyl groups is 1. The first kappa shape index (κ1) is 20.1. The molecule has 1 N–H and O–H groups in total. The van der Waals surface area contributed by atoms with Crippen LogP contribution in [0.2, 0.25) is 0 Å². The van der Waals surface area contributed by atoms with E-state index in [0.717, 1.165) is 29.8 Å². The summed E-state index contributed by atoms with van der Waals surface area (Å²) in [6.07, 6.45) is 3.71. The lowest BCUT2D eigenvalue weighted by atomic mass is 9.75. The molecule has 2 heterocycles. The molecule has 5 rings (SSSR count). The Hall–Kier alpha value is -2.85. The largest absolute Gasteiger partial charge is 0.508 e. The average molecular weight is 418 g/mol. The van der Waals surface area contributed by atoms with Gasteiger partial charge in [0.25, 0.3) is 0 Å². The predicted octanol–water partition coefficient (Wildman–Crippen LogP) is 5.48. The minimum Gasteiger partial charge on any atom is -0.508 e. The maximum absolute atomic E-state index is 13.5. The third kappa shape index (κ3) is 4.31. The monoisotopic (exact) mass is 417 g/mol. The van der Waals surface area contributed by atoms with Gasteiger partial charge in [-0.2, -0.15) is 0 Å². The molecule has 0 spiro atoms. The van der Waals surface area contributed by atoms with Gasteiger partial charge in [-0.25, -0.2) is 4.39 Å². The Labute approximate surface area is 183 Å². The van der Waals surface area contributed by atoms with Gasteiger partial charge in [0.2, 0.25) is 0 Å². The first-order chi connectivity index (χ1) is 15.2. The van der Waals surface area contributed by atoms with Crippen LogP contribution in [0.3, 0.4) is 0 Å². The van der Waals surface area contributed by atoms with Gasteiger partial charge in [0.1, 0.15) is 17.3 Å². The summed E-state index contributed by atoms with van der Waals surface area (Å²) < 4.78 is 19.5. The Bertz CT molecular complexity index is 1030. The molecule has 160 valence electrons. The summed E-state index contributed by atoms with van der Waals surface area (Å²) >= 11 is 0. The van der Waals surface area contributed by atoms with Crippen molar-refractivity contribution in [2.24, 2.45) is 0 Å². The van der Waals surface area contributed by atoms with E-state index in [4.69, 9.17) is 4.74 Å². The lowest BCUT2D eigenvalue weighted by Gasteiger charge is -2.34. The fraction of sp³-hybridized carbons (Fsp3) is 0.333. The lowest BCUT2D eigenvalue weighted by Crippen LogP contribution is -2.25. The fourth-order valence-corrected chi connectivity index (χ4v) is 4.99. The second-order valence-electron chi connectivity index (χ2n) is 8.71. The predicted molar refractivity (Wildman–Crippen MR) is 120 cm³/mol. The average Bonchev–Trinajstić information content (AvgIpc) is 3.32. The molecule has 4 heteroatoms. The van der Waals surface area contributed by atoms with Crippen LogP contribution >= 0.6 is 0 Å². The summed E-state index contributed by atoms with van der Waals surface area (Å²) in [5.74, 6) is 0.858. The molecular formula is C27H28FNO2. The van der Waals surface area contributed by atoms with Gasteiger partial charge in [0, 0.05) is 30.0 Å². The van der Waals surface area contributed by atoms with E-state index in [9.17, 15) is 9.50 Å². The van der Waals surface area contributed by atoms with E-state index in [0.29, 0.717) is 6.61 Å². The van der Waals surface area contributed by atoms with Crippen molar-refractivity contribution in [3.63, 3.8) is 0 Å². The lowest BCUT2D eigenvalue weighted by molar-refractivity contribution is 0.247. The van der Waals surface area contributed by atoms with Gasteiger partial charge in [-0.05, 0) is 67.2 Å². The summed E-state index contributed by atoms with van der Waals surface area (Å²) in [6, 6.07) is 21.0. The zero-order valence-electron chi connectivity index (χ0n) is 17.6. The van der Waals surface area contributed by atoms with Crippen LogP contribution in [0.25, 0.3) is 0 Å².